The van der Waals surface area contributed by atoms with E-state index in [0.717, 1.165) is 5.56 Å². The topological polar surface area (TPSA) is 137 Å². The summed E-state index contributed by atoms with van der Waals surface area (Å²) in [6, 6.07) is 9.33. The van der Waals surface area contributed by atoms with E-state index in [1.165, 1.54) is 26.4 Å². The van der Waals surface area contributed by atoms with E-state index in [1.54, 1.807) is 29.2 Å². The molecule has 1 amide bonds. The van der Waals surface area contributed by atoms with Crippen LogP contribution in [0.4, 0.5) is 4.39 Å². The SMILES string of the molecule is COc1cc(CN2CCN(C(=O)c3cccc(F)c3)CC2)cc(OC)c1O.O=C(O)C(=O)O. The van der Waals surface area contributed by atoms with Crippen molar-refractivity contribution in [2.45, 2.75) is 6.54 Å². The molecule has 0 saturated carbocycles. The Balaban J connectivity index is 0.000000569. The van der Waals surface area contributed by atoms with Gasteiger partial charge in [0.05, 0.1) is 14.2 Å². The summed E-state index contributed by atoms with van der Waals surface area (Å²) in [5, 5.41) is 24.8. The fourth-order valence-electron chi connectivity index (χ4n) is 3.21. The molecule has 1 aliphatic rings. The van der Waals surface area contributed by atoms with Crippen LogP contribution in [0, 0.1) is 5.82 Å². The second-order valence-corrected chi connectivity index (χ2v) is 7.04. The van der Waals surface area contributed by atoms with E-state index in [4.69, 9.17) is 29.3 Å². The van der Waals surface area contributed by atoms with Crippen LogP contribution in [-0.4, -0.2) is 83.4 Å². The van der Waals surface area contributed by atoms with Gasteiger partial charge < -0.3 is 29.7 Å². The zero-order valence-corrected chi connectivity index (χ0v) is 18.2. The maximum atomic E-state index is 13.3. The number of ether oxygens (including phenoxy) is 2. The lowest BCUT2D eigenvalue weighted by atomic mass is 10.1. The number of carboxylic acid groups (broad SMARTS) is 2. The highest BCUT2D eigenvalue weighted by molar-refractivity contribution is 6.27. The van der Waals surface area contributed by atoms with Crippen LogP contribution in [0.15, 0.2) is 36.4 Å². The number of phenols is 1. The molecule has 11 heteroatoms. The molecular weight excluding hydrogens is 439 g/mol. The molecule has 0 atom stereocenters. The Kier molecular flexibility index (Phi) is 8.98. The van der Waals surface area contributed by atoms with Crippen LogP contribution in [0.5, 0.6) is 17.2 Å². The molecule has 2 aromatic rings. The summed E-state index contributed by atoms with van der Waals surface area (Å²) in [6.45, 7) is 3.19. The van der Waals surface area contributed by atoms with Gasteiger partial charge in [0, 0.05) is 38.3 Å². The van der Waals surface area contributed by atoms with Gasteiger partial charge in [-0.15, -0.1) is 0 Å². The molecule has 0 bridgehead atoms. The maximum Gasteiger partial charge on any atom is 0.414 e. The van der Waals surface area contributed by atoms with Crippen molar-refractivity contribution in [3.63, 3.8) is 0 Å². The molecule has 1 fully saturated rings. The number of hydrogen-bond acceptors (Lipinski definition) is 7. The van der Waals surface area contributed by atoms with Crippen molar-refractivity contribution in [1.29, 1.82) is 0 Å². The number of rotatable bonds is 5. The molecule has 0 aliphatic carbocycles. The molecule has 2 aromatic carbocycles. The van der Waals surface area contributed by atoms with E-state index in [-0.39, 0.29) is 11.7 Å². The van der Waals surface area contributed by atoms with Gasteiger partial charge in [-0.2, -0.15) is 0 Å². The van der Waals surface area contributed by atoms with Crippen molar-refractivity contribution in [1.82, 2.24) is 9.80 Å². The molecule has 178 valence electrons. The van der Waals surface area contributed by atoms with Crippen molar-refractivity contribution in [2.75, 3.05) is 40.4 Å². The van der Waals surface area contributed by atoms with Gasteiger partial charge in [-0.1, -0.05) is 6.07 Å². The van der Waals surface area contributed by atoms with Crippen molar-refractivity contribution in [2.24, 2.45) is 0 Å². The van der Waals surface area contributed by atoms with Crippen LogP contribution in [0.2, 0.25) is 0 Å². The quantitative estimate of drug-likeness (QED) is 0.564. The number of aromatic hydroxyl groups is 1. The molecule has 3 rings (SSSR count). The first-order valence-corrected chi connectivity index (χ1v) is 9.83. The highest BCUT2D eigenvalue weighted by Gasteiger charge is 2.23. The molecule has 1 heterocycles. The number of benzene rings is 2. The van der Waals surface area contributed by atoms with Crippen molar-refractivity contribution in [3.05, 3.63) is 53.3 Å². The normalized spacial score (nSPS) is 13.5. The molecule has 3 N–H and O–H groups in total. The third kappa shape index (κ3) is 7.07. The Hall–Kier alpha value is -3.86. The molecule has 1 aliphatic heterocycles. The van der Waals surface area contributed by atoms with Gasteiger partial charge in [-0.3, -0.25) is 9.69 Å². The second-order valence-electron chi connectivity index (χ2n) is 7.04. The summed E-state index contributed by atoms with van der Waals surface area (Å²) in [5.74, 6) is -3.50. The Morgan fingerprint density at radius 3 is 1.94 bits per heavy atom. The Morgan fingerprint density at radius 1 is 0.939 bits per heavy atom. The number of carbonyl (C=O) groups is 3. The number of carboxylic acids is 2. The molecular formula is C22H25FN2O8. The first-order valence-electron chi connectivity index (χ1n) is 9.83. The number of halogens is 1. The number of carbonyl (C=O) groups excluding carboxylic acids is 1. The van der Waals surface area contributed by atoms with Crippen LogP contribution >= 0.6 is 0 Å². The summed E-state index contributed by atoms with van der Waals surface area (Å²) in [7, 11) is 2.99. The fraction of sp³-hybridized carbons (Fsp3) is 0.318. The van der Waals surface area contributed by atoms with Gasteiger partial charge in [-0.25, -0.2) is 14.0 Å². The second kappa shape index (κ2) is 11.7. The minimum atomic E-state index is -1.82. The smallest absolute Gasteiger partial charge is 0.414 e. The minimum absolute atomic E-state index is 0.0192. The minimum Gasteiger partial charge on any atom is -0.502 e. The average molecular weight is 464 g/mol. The van der Waals surface area contributed by atoms with Crippen LogP contribution < -0.4 is 9.47 Å². The van der Waals surface area contributed by atoms with Crippen LogP contribution in [-0.2, 0) is 16.1 Å². The zero-order valence-electron chi connectivity index (χ0n) is 18.2. The Labute approximate surface area is 189 Å². The van der Waals surface area contributed by atoms with Gasteiger partial charge in [0.2, 0.25) is 5.75 Å². The summed E-state index contributed by atoms with van der Waals surface area (Å²) >= 11 is 0. The average Bonchev–Trinajstić information content (AvgIpc) is 2.80. The van der Waals surface area contributed by atoms with Gasteiger partial charge in [0.15, 0.2) is 11.5 Å². The molecule has 0 radical (unpaired) electrons. The lowest BCUT2D eigenvalue weighted by Crippen LogP contribution is -2.48. The molecule has 1 saturated heterocycles. The third-order valence-corrected chi connectivity index (χ3v) is 4.86. The lowest BCUT2D eigenvalue weighted by molar-refractivity contribution is -0.159. The van der Waals surface area contributed by atoms with E-state index in [0.29, 0.717) is 49.8 Å². The molecule has 10 nitrogen and oxygen atoms in total. The van der Waals surface area contributed by atoms with Gasteiger partial charge in [-0.05, 0) is 35.9 Å². The molecule has 0 spiro atoms. The number of aliphatic carboxylic acids is 2. The largest absolute Gasteiger partial charge is 0.502 e. The number of piperazine rings is 1. The fourth-order valence-corrected chi connectivity index (χ4v) is 3.21. The van der Waals surface area contributed by atoms with Gasteiger partial charge in [0.25, 0.3) is 5.91 Å². The predicted octanol–water partition coefficient (Wildman–Crippen LogP) is 1.66. The number of methoxy groups -OCH3 is 2. The van der Waals surface area contributed by atoms with Crippen LogP contribution in [0.3, 0.4) is 0 Å². The van der Waals surface area contributed by atoms with Crippen LogP contribution in [0.25, 0.3) is 0 Å². The van der Waals surface area contributed by atoms with E-state index in [9.17, 15) is 14.3 Å². The predicted molar refractivity (Wildman–Crippen MR) is 114 cm³/mol. The number of amides is 1. The lowest BCUT2D eigenvalue weighted by Gasteiger charge is -2.35. The molecule has 0 aromatic heterocycles. The number of phenolic OH excluding ortho intramolecular Hbond substituents is 1. The number of nitrogens with zero attached hydrogens (tertiary/aromatic N) is 2. The summed E-state index contributed by atoms with van der Waals surface area (Å²) in [5.41, 5.74) is 1.32. The highest BCUT2D eigenvalue weighted by Crippen LogP contribution is 2.37. The number of hydrogen-bond donors (Lipinski definition) is 3. The van der Waals surface area contributed by atoms with E-state index in [2.05, 4.69) is 4.90 Å². The van der Waals surface area contributed by atoms with Crippen LogP contribution in [0.1, 0.15) is 15.9 Å². The van der Waals surface area contributed by atoms with Crippen molar-refractivity contribution in [3.8, 4) is 17.2 Å². The van der Waals surface area contributed by atoms with E-state index in [1.807, 2.05) is 0 Å². The maximum absolute atomic E-state index is 13.3. The van der Waals surface area contributed by atoms with Crippen molar-refractivity contribution >= 4 is 17.8 Å². The van der Waals surface area contributed by atoms with Gasteiger partial charge >= 0.3 is 11.9 Å². The molecule has 0 unspecified atom stereocenters. The van der Waals surface area contributed by atoms with Crippen molar-refractivity contribution < 1.29 is 43.6 Å². The highest BCUT2D eigenvalue weighted by atomic mass is 19.1. The summed E-state index contributed by atoms with van der Waals surface area (Å²) in [6.07, 6.45) is 0. The first-order chi connectivity index (χ1) is 15.7. The standard InChI is InChI=1S/C20H23FN2O4.C2H2O4/c1-26-17-10-14(11-18(27-2)19(17)24)13-22-6-8-23(9-7-22)20(25)15-4-3-5-16(21)12-15;3-1(4)2(5)6/h3-5,10-12,24H,6-9,13H2,1-2H3;(H,3,4)(H,5,6). The first kappa shape index (κ1) is 25.4. The Morgan fingerprint density at radius 2 is 1.48 bits per heavy atom. The summed E-state index contributed by atoms with van der Waals surface area (Å²) in [4.78, 5) is 34.6. The monoisotopic (exact) mass is 464 g/mol. The summed E-state index contributed by atoms with van der Waals surface area (Å²) < 4.78 is 23.7. The van der Waals surface area contributed by atoms with E-state index >= 15 is 0 Å². The zero-order chi connectivity index (χ0) is 24.5. The van der Waals surface area contributed by atoms with E-state index < -0.39 is 17.8 Å². The molecule has 33 heavy (non-hydrogen) atoms. The third-order valence-electron chi connectivity index (χ3n) is 4.86. The van der Waals surface area contributed by atoms with Gasteiger partial charge in [0.1, 0.15) is 5.82 Å². The Bertz CT molecular complexity index is 969.